The molecule has 0 aliphatic carbocycles. The van der Waals surface area contributed by atoms with Crippen LogP contribution in [0.15, 0.2) is 18.6 Å². The molecule has 1 fully saturated rings. The SMILES string of the molecule is NC(=O)COC(=O)NCC1CCN(c2cnccn2)CC1. The number of anilines is 1. The molecule has 0 radical (unpaired) electrons. The van der Waals surface area contributed by atoms with E-state index in [4.69, 9.17) is 5.73 Å². The van der Waals surface area contributed by atoms with Crippen molar-refractivity contribution in [2.45, 2.75) is 12.8 Å². The summed E-state index contributed by atoms with van der Waals surface area (Å²) in [5.74, 6) is 0.603. The lowest BCUT2D eigenvalue weighted by Gasteiger charge is -2.32. The number of amides is 2. The van der Waals surface area contributed by atoms with E-state index in [1.54, 1.807) is 18.6 Å². The van der Waals surface area contributed by atoms with Crippen molar-refractivity contribution in [3.05, 3.63) is 18.6 Å². The number of nitrogens with two attached hydrogens (primary N) is 1. The van der Waals surface area contributed by atoms with Crippen LogP contribution in [0.5, 0.6) is 0 Å². The molecule has 0 bridgehead atoms. The van der Waals surface area contributed by atoms with Crippen molar-refractivity contribution in [2.24, 2.45) is 11.7 Å². The summed E-state index contributed by atoms with van der Waals surface area (Å²) in [6, 6.07) is 0. The van der Waals surface area contributed by atoms with Crippen molar-refractivity contribution in [2.75, 3.05) is 31.1 Å². The van der Waals surface area contributed by atoms with Gasteiger partial charge in [0.15, 0.2) is 6.61 Å². The number of nitrogens with one attached hydrogen (secondary N) is 1. The summed E-state index contributed by atoms with van der Waals surface area (Å²) in [5.41, 5.74) is 4.89. The smallest absolute Gasteiger partial charge is 0.407 e. The van der Waals surface area contributed by atoms with Gasteiger partial charge in [0.05, 0.1) is 6.20 Å². The zero-order chi connectivity index (χ0) is 15.1. The summed E-state index contributed by atoms with van der Waals surface area (Å²) in [5, 5.41) is 2.65. The summed E-state index contributed by atoms with van der Waals surface area (Å²) >= 11 is 0. The van der Waals surface area contributed by atoms with Gasteiger partial charge < -0.3 is 20.7 Å². The van der Waals surface area contributed by atoms with Crippen molar-refractivity contribution in [1.82, 2.24) is 15.3 Å². The molecule has 0 spiro atoms. The van der Waals surface area contributed by atoms with Crippen LogP contribution in [0.2, 0.25) is 0 Å². The quantitative estimate of drug-likeness (QED) is 0.784. The van der Waals surface area contributed by atoms with Gasteiger partial charge in [-0.1, -0.05) is 0 Å². The predicted octanol–water partition coefficient (Wildman–Crippen LogP) is -0.0955. The number of hydrogen-bond acceptors (Lipinski definition) is 6. The van der Waals surface area contributed by atoms with Crippen LogP contribution in [0.1, 0.15) is 12.8 Å². The molecule has 1 saturated heterocycles. The molecule has 1 aliphatic rings. The summed E-state index contributed by atoms with van der Waals surface area (Å²) < 4.78 is 4.63. The lowest BCUT2D eigenvalue weighted by molar-refractivity contribution is -0.120. The molecular formula is C13H19N5O3. The first kappa shape index (κ1) is 15.0. The molecule has 3 N–H and O–H groups in total. The van der Waals surface area contributed by atoms with Crippen LogP contribution in [0.25, 0.3) is 0 Å². The molecule has 2 amide bonds. The molecule has 1 aromatic heterocycles. The minimum Gasteiger partial charge on any atom is -0.439 e. The number of alkyl carbamates (subject to hydrolysis) is 1. The van der Waals surface area contributed by atoms with Gasteiger partial charge in [-0.15, -0.1) is 0 Å². The zero-order valence-corrected chi connectivity index (χ0v) is 11.7. The number of aromatic nitrogens is 2. The van der Waals surface area contributed by atoms with Crippen LogP contribution in [0.4, 0.5) is 10.6 Å². The van der Waals surface area contributed by atoms with E-state index in [2.05, 4.69) is 24.9 Å². The number of piperidine rings is 1. The molecule has 0 unspecified atom stereocenters. The predicted molar refractivity (Wildman–Crippen MR) is 75.5 cm³/mol. The van der Waals surface area contributed by atoms with Crippen LogP contribution >= 0.6 is 0 Å². The Hall–Kier alpha value is -2.38. The van der Waals surface area contributed by atoms with E-state index in [1.165, 1.54) is 0 Å². The maximum atomic E-state index is 11.3. The number of nitrogens with zero attached hydrogens (tertiary/aromatic N) is 3. The van der Waals surface area contributed by atoms with Gasteiger partial charge in [-0.2, -0.15) is 0 Å². The molecular weight excluding hydrogens is 274 g/mol. The van der Waals surface area contributed by atoms with E-state index < -0.39 is 18.6 Å². The summed E-state index contributed by atoms with van der Waals surface area (Å²) in [4.78, 5) is 32.3. The maximum Gasteiger partial charge on any atom is 0.407 e. The van der Waals surface area contributed by atoms with E-state index in [0.717, 1.165) is 31.7 Å². The Morgan fingerprint density at radius 3 is 2.76 bits per heavy atom. The highest BCUT2D eigenvalue weighted by Crippen LogP contribution is 2.20. The lowest BCUT2D eigenvalue weighted by atomic mass is 9.97. The van der Waals surface area contributed by atoms with Crippen molar-refractivity contribution in [3.63, 3.8) is 0 Å². The van der Waals surface area contributed by atoms with Crippen molar-refractivity contribution in [1.29, 1.82) is 0 Å². The molecule has 0 saturated carbocycles. The highest BCUT2D eigenvalue weighted by atomic mass is 16.6. The normalized spacial score (nSPS) is 15.5. The van der Waals surface area contributed by atoms with Gasteiger partial charge in [0.2, 0.25) is 0 Å². The van der Waals surface area contributed by atoms with Gasteiger partial charge in [0.1, 0.15) is 5.82 Å². The fourth-order valence-electron chi connectivity index (χ4n) is 2.24. The van der Waals surface area contributed by atoms with Crippen LogP contribution in [0.3, 0.4) is 0 Å². The molecule has 114 valence electrons. The first-order valence-corrected chi connectivity index (χ1v) is 6.85. The third kappa shape index (κ3) is 4.90. The van der Waals surface area contributed by atoms with E-state index in [1.807, 2.05) is 0 Å². The topological polar surface area (TPSA) is 110 Å². The van der Waals surface area contributed by atoms with Crippen molar-refractivity contribution >= 4 is 17.8 Å². The highest BCUT2D eigenvalue weighted by Gasteiger charge is 2.20. The van der Waals surface area contributed by atoms with Gasteiger partial charge in [0, 0.05) is 32.0 Å². The molecule has 2 heterocycles. The third-order valence-corrected chi connectivity index (χ3v) is 3.37. The van der Waals surface area contributed by atoms with E-state index in [-0.39, 0.29) is 0 Å². The Labute approximate surface area is 122 Å². The second kappa shape index (κ2) is 7.41. The molecule has 0 aromatic carbocycles. The zero-order valence-electron chi connectivity index (χ0n) is 11.7. The monoisotopic (exact) mass is 293 g/mol. The Morgan fingerprint density at radius 1 is 1.38 bits per heavy atom. The molecule has 0 atom stereocenters. The fraction of sp³-hybridized carbons (Fsp3) is 0.538. The molecule has 8 nitrogen and oxygen atoms in total. The molecule has 2 rings (SSSR count). The van der Waals surface area contributed by atoms with Crippen LogP contribution in [-0.2, 0) is 9.53 Å². The Bertz CT molecular complexity index is 474. The second-order valence-electron chi connectivity index (χ2n) is 4.92. The van der Waals surface area contributed by atoms with Gasteiger partial charge in [-0.05, 0) is 18.8 Å². The largest absolute Gasteiger partial charge is 0.439 e. The average Bonchev–Trinajstić information content (AvgIpc) is 2.52. The van der Waals surface area contributed by atoms with Gasteiger partial charge in [0.25, 0.3) is 5.91 Å². The van der Waals surface area contributed by atoms with E-state index in [9.17, 15) is 9.59 Å². The molecule has 8 heteroatoms. The van der Waals surface area contributed by atoms with Gasteiger partial charge in [-0.3, -0.25) is 9.78 Å². The fourth-order valence-corrected chi connectivity index (χ4v) is 2.24. The number of carbonyl (C=O) groups is 2. The molecule has 21 heavy (non-hydrogen) atoms. The first-order chi connectivity index (χ1) is 10.1. The van der Waals surface area contributed by atoms with Crippen LogP contribution in [-0.4, -0.2) is 48.2 Å². The number of primary amides is 1. The van der Waals surface area contributed by atoms with Crippen LogP contribution in [0, 0.1) is 5.92 Å². The van der Waals surface area contributed by atoms with E-state index in [0.29, 0.717) is 12.5 Å². The minimum absolute atomic E-state index is 0.388. The van der Waals surface area contributed by atoms with Gasteiger partial charge >= 0.3 is 6.09 Å². The standard InChI is InChI=1S/C13H19N5O3/c14-11(19)9-21-13(20)17-7-10-1-5-18(6-2-10)12-8-15-3-4-16-12/h3-4,8,10H,1-2,5-7,9H2,(H2,14,19)(H,17,20). The summed E-state index contributed by atoms with van der Waals surface area (Å²) in [6.07, 6.45) is 6.37. The second-order valence-corrected chi connectivity index (χ2v) is 4.92. The Kier molecular flexibility index (Phi) is 5.30. The third-order valence-electron chi connectivity index (χ3n) is 3.37. The first-order valence-electron chi connectivity index (χ1n) is 6.85. The molecule has 1 aliphatic heterocycles. The van der Waals surface area contributed by atoms with Crippen molar-refractivity contribution in [3.8, 4) is 0 Å². The van der Waals surface area contributed by atoms with E-state index >= 15 is 0 Å². The minimum atomic E-state index is -0.664. The number of hydrogen-bond donors (Lipinski definition) is 2. The van der Waals surface area contributed by atoms with Gasteiger partial charge in [-0.25, -0.2) is 9.78 Å². The Balaban J connectivity index is 1.67. The summed E-state index contributed by atoms with van der Waals surface area (Å²) in [7, 11) is 0. The number of carbonyl (C=O) groups excluding carboxylic acids is 2. The maximum absolute atomic E-state index is 11.3. The number of ether oxygens (including phenoxy) is 1. The van der Waals surface area contributed by atoms with Crippen molar-refractivity contribution < 1.29 is 14.3 Å². The number of rotatable bonds is 5. The van der Waals surface area contributed by atoms with Crippen LogP contribution < -0.4 is 16.0 Å². The Morgan fingerprint density at radius 2 is 2.14 bits per heavy atom. The molecule has 1 aromatic rings. The average molecular weight is 293 g/mol. The highest BCUT2D eigenvalue weighted by molar-refractivity contribution is 5.78. The summed E-state index contributed by atoms with van der Waals surface area (Å²) in [6.45, 7) is 1.89. The lowest BCUT2D eigenvalue weighted by Crippen LogP contribution is -2.39.